The molecule has 1 unspecified atom stereocenters. The molecule has 2 aromatic rings. The Kier molecular flexibility index (Phi) is 3.18. The van der Waals surface area contributed by atoms with Crippen molar-refractivity contribution in [3.63, 3.8) is 0 Å². The molecule has 0 fully saturated rings. The molecular weight excluding hydrogens is 208 g/mol. The van der Waals surface area contributed by atoms with Crippen molar-refractivity contribution in [2.45, 2.75) is 19.4 Å². The molecule has 0 spiro atoms. The lowest BCUT2D eigenvalue weighted by Crippen LogP contribution is -2.18. The summed E-state index contributed by atoms with van der Waals surface area (Å²) in [6.45, 7) is 2.07. The van der Waals surface area contributed by atoms with Crippen LogP contribution in [0.4, 0.5) is 0 Å². The van der Waals surface area contributed by atoms with Gasteiger partial charge in [0.25, 0.3) is 0 Å². The first-order valence-corrected chi connectivity index (χ1v) is 5.78. The van der Waals surface area contributed by atoms with Crippen molar-refractivity contribution in [2.24, 2.45) is 0 Å². The maximum Gasteiger partial charge on any atom is 0.123 e. The maximum absolute atomic E-state index is 5.49. The third kappa shape index (κ3) is 2.27. The molecule has 80 valence electrons. The zero-order valence-corrected chi connectivity index (χ0v) is 9.67. The lowest BCUT2D eigenvalue weighted by atomic mass is 10.1. The fourth-order valence-corrected chi connectivity index (χ4v) is 2.25. The lowest BCUT2D eigenvalue weighted by molar-refractivity contribution is 0.428. The van der Waals surface area contributed by atoms with Crippen LogP contribution in [0.5, 0.6) is 0 Å². The van der Waals surface area contributed by atoms with Gasteiger partial charge in [0, 0.05) is 17.5 Å². The van der Waals surface area contributed by atoms with E-state index in [4.69, 9.17) is 4.42 Å². The molecule has 0 aliphatic rings. The van der Waals surface area contributed by atoms with Gasteiger partial charge in [0.15, 0.2) is 0 Å². The summed E-state index contributed by atoms with van der Waals surface area (Å²) in [5.74, 6) is 1.02. The van der Waals surface area contributed by atoms with Crippen molar-refractivity contribution in [2.75, 3.05) is 7.05 Å². The summed E-state index contributed by atoms with van der Waals surface area (Å²) in [5.41, 5.74) is 3.05. The average Bonchev–Trinajstić information content (AvgIpc) is 2.85. The quantitative estimate of drug-likeness (QED) is 0.864. The number of hydrogen-bond donors (Lipinski definition) is 1. The van der Waals surface area contributed by atoms with Crippen molar-refractivity contribution in [1.29, 1.82) is 0 Å². The summed E-state index contributed by atoms with van der Waals surface area (Å²) in [6, 6.07) is 2.23. The van der Waals surface area contributed by atoms with Crippen LogP contribution in [-0.2, 0) is 6.42 Å². The van der Waals surface area contributed by atoms with Gasteiger partial charge in [-0.1, -0.05) is 0 Å². The SMILES string of the molecule is CNC(Cc1cncs1)c1occc1C. The van der Waals surface area contributed by atoms with Gasteiger partial charge in [-0.3, -0.25) is 4.98 Å². The smallest absolute Gasteiger partial charge is 0.123 e. The minimum absolute atomic E-state index is 0.237. The molecule has 0 aliphatic carbocycles. The summed E-state index contributed by atoms with van der Waals surface area (Å²) in [4.78, 5) is 5.34. The van der Waals surface area contributed by atoms with E-state index >= 15 is 0 Å². The summed E-state index contributed by atoms with van der Waals surface area (Å²) in [7, 11) is 1.95. The van der Waals surface area contributed by atoms with E-state index in [0.717, 1.165) is 12.2 Å². The van der Waals surface area contributed by atoms with Gasteiger partial charge < -0.3 is 9.73 Å². The van der Waals surface area contributed by atoms with Crippen LogP contribution in [0.15, 0.2) is 28.5 Å². The van der Waals surface area contributed by atoms with Crippen LogP contribution in [0.3, 0.4) is 0 Å². The largest absolute Gasteiger partial charge is 0.467 e. The Hall–Kier alpha value is -1.13. The second-order valence-corrected chi connectivity index (χ2v) is 4.45. The Labute approximate surface area is 93.2 Å². The van der Waals surface area contributed by atoms with Gasteiger partial charge >= 0.3 is 0 Å². The van der Waals surface area contributed by atoms with Crippen LogP contribution >= 0.6 is 11.3 Å². The van der Waals surface area contributed by atoms with E-state index in [2.05, 4.69) is 17.2 Å². The Morgan fingerprint density at radius 2 is 2.47 bits per heavy atom. The molecule has 0 saturated carbocycles. The van der Waals surface area contributed by atoms with Crippen LogP contribution < -0.4 is 5.32 Å². The Balaban J connectivity index is 2.15. The molecule has 0 aromatic carbocycles. The average molecular weight is 222 g/mol. The van der Waals surface area contributed by atoms with Crippen LogP contribution in [0.1, 0.15) is 22.2 Å². The van der Waals surface area contributed by atoms with Gasteiger partial charge in [0.1, 0.15) is 5.76 Å². The number of thiazole rings is 1. The first-order valence-electron chi connectivity index (χ1n) is 4.90. The molecule has 0 bridgehead atoms. The highest BCUT2D eigenvalue weighted by Gasteiger charge is 2.16. The molecule has 4 heteroatoms. The second kappa shape index (κ2) is 4.59. The molecule has 2 aromatic heterocycles. The zero-order chi connectivity index (χ0) is 10.7. The monoisotopic (exact) mass is 222 g/mol. The number of nitrogens with one attached hydrogen (secondary N) is 1. The van der Waals surface area contributed by atoms with E-state index in [1.807, 2.05) is 24.8 Å². The summed E-state index contributed by atoms with van der Waals surface area (Å²) in [5, 5.41) is 3.27. The molecule has 0 radical (unpaired) electrons. The van der Waals surface area contributed by atoms with Crippen molar-refractivity contribution in [1.82, 2.24) is 10.3 Å². The van der Waals surface area contributed by atoms with E-state index in [0.29, 0.717) is 0 Å². The first kappa shape index (κ1) is 10.4. The van der Waals surface area contributed by atoms with E-state index < -0.39 is 0 Å². The van der Waals surface area contributed by atoms with Gasteiger partial charge in [0.2, 0.25) is 0 Å². The fraction of sp³-hybridized carbons (Fsp3) is 0.364. The maximum atomic E-state index is 5.49. The number of aromatic nitrogens is 1. The Morgan fingerprint density at radius 3 is 3.00 bits per heavy atom. The highest BCUT2D eigenvalue weighted by molar-refractivity contribution is 7.09. The molecule has 0 saturated heterocycles. The predicted molar refractivity (Wildman–Crippen MR) is 61.1 cm³/mol. The van der Waals surface area contributed by atoms with E-state index in [1.54, 1.807) is 17.6 Å². The number of likely N-dealkylation sites (N-methyl/N-ethyl adjacent to an activating group) is 1. The number of furan rings is 1. The van der Waals surface area contributed by atoms with E-state index in [9.17, 15) is 0 Å². The number of nitrogens with zero attached hydrogens (tertiary/aromatic N) is 1. The fourth-order valence-electron chi connectivity index (χ4n) is 1.61. The third-order valence-corrected chi connectivity index (χ3v) is 3.26. The topological polar surface area (TPSA) is 38.1 Å². The number of hydrogen-bond acceptors (Lipinski definition) is 4. The van der Waals surface area contributed by atoms with Crippen LogP contribution in [0.25, 0.3) is 0 Å². The van der Waals surface area contributed by atoms with Crippen LogP contribution in [0.2, 0.25) is 0 Å². The molecule has 2 rings (SSSR count). The predicted octanol–water partition coefficient (Wildman–Crippen LogP) is 2.55. The minimum Gasteiger partial charge on any atom is -0.467 e. The Morgan fingerprint density at radius 1 is 1.60 bits per heavy atom. The Bertz CT molecular complexity index is 408. The second-order valence-electron chi connectivity index (χ2n) is 3.48. The molecule has 1 atom stereocenters. The number of rotatable bonds is 4. The van der Waals surface area contributed by atoms with Gasteiger partial charge in [-0.2, -0.15) is 0 Å². The molecule has 2 heterocycles. The third-order valence-electron chi connectivity index (χ3n) is 2.46. The van der Waals surface area contributed by atoms with Gasteiger partial charge in [-0.05, 0) is 25.6 Å². The molecule has 0 amide bonds. The minimum atomic E-state index is 0.237. The van der Waals surface area contributed by atoms with Gasteiger partial charge in [-0.15, -0.1) is 11.3 Å². The van der Waals surface area contributed by atoms with Crippen LogP contribution in [-0.4, -0.2) is 12.0 Å². The summed E-state index contributed by atoms with van der Waals surface area (Å²) < 4.78 is 5.49. The summed E-state index contributed by atoms with van der Waals surface area (Å²) in [6.07, 6.45) is 4.57. The molecule has 1 N–H and O–H groups in total. The van der Waals surface area contributed by atoms with Crippen molar-refractivity contribution < 1.29 is 4.42 Å². The highest BCUT2D eigenvalue weighted by Crippen LogP contribution is 2.23. The van der Waals surface area contributed by atoms with Crippen molar-refractivity contribution in [3.05, 3.63) is 40.2 Å². The standard InChI is InChI=1S/C11H14N2OS/c1-8-3-4-14-11(8)10(12-2)5-9-6-13-7-15-9/h3-4,6-7,10,12H,5H2,1-2H3. The van der Waals surface area contributed by atoms with Crippen LogP contribution in [0, 0.1) is 6.92 Å². The molecule has 0 aliphatic heterocycles. The van der Waals surface area contributed by atoms with Crippen molar-refractivity contribution >= 4 is 11.3 Å². The number of aryl methyl sites for hydroxylation is 1. The van der Waals surface area contributed by atoms with E-state index in [1.165, 1.54) is 10.4 Å². The molecule has 3 nitrogen and oxygen atoms in total. The van der Waals surface area contributed by atoms with E-state index in [-0.39, 0.29) is 6.04 Å². The molecular formula is C11H14N2OS. The zero-order valence-electron chi connectivity index (χ0n) is 8.86. The molecule has 15 heavy (non-hydrogen) atoms. The summed E-state index contributed by atoms with van der Waals surface area (Å²) >= 11 is 1.68. The lowest BCUT2D eigenvalue weighted by Gasteiger charge is -2.13. The van der Waals surface area contributed by atoms with Gasteiger partial charge in [-0.25, -0.2) is 0 Å². The highest BCUT2D eigenvalue weighted by atomic mass is 32.1. The first-order chi connectivity index (χ1) is 7.31. The normalized spacial score (nSPS) is 12.9. The van der Waals surface area contributed by atoms with Crippen molar-refractivity contribution in [3.8, 4) is 0 Å². The van der Waals surface area contributed by atoms with Gasteiger partial charge in [0.05, 0.1) is 17.8 Å².